The van der Waals surface area contributed by atoms with E-state index in [2.05, 4.69) is 17.4 Å². The molecule has 78 valence electrons. The zero-order valence-corrected chi connectivity index (χ0v) is 8.09. The Bertz CT molecular complexity index is 154. The topological polar surface area (TPSA) is 87.0 Å². The van der Waals surface area contributed by atoms with E-state index in [1.165, 1.54) is 7.11 Å². The van der Waals surface area contributed by atoms with Gasteiger partial charge in [0.25, 0.3) is 0 Å². The molecule has 0 saturated heterocycles. The minimum absolute atomic E-state index is 0.381. The molecule has 0 unspecified atom stereocenters. The molecule has 0 bridgehead atoms. The average Bonchev–Trinajstić information content (AvgIpc) is 2.17. The number of methoxy groups -OCH3 is 1. The van der Waals surface area contributed by atoms with Gasteiger partial charge in [-0.05, 0) is 0 Å². The Morgan fingerprint density at radius 1 is 1.46 bits per heavy atom. The second-order valence-corrected chi connectivity index (χ2v) is 3.23. The summed E-state index contributed by atoms with van der Waals surface area (Å²) in [7, 11) is 1.24. The maximum absolute atomic E-state index is 10.3. The van der Waals surface area contributed by atoms with Crippen molar-refractivity contribution in [3.63, 3.8) is 0 Å². The monoisotopic (exact) mass is 210 g/mol. The van der Waals surface area contributed by atoms with Crippen molar-refractivity contribution in [2.45, 2.75) is 23.6 Å². The van der Waals surface area contributed by atoms with E-state index in [0.717, 1.165) is 0 Å². The molecule has 0 aromatic heterocycles. The Labute approximate surface area is 81.7 Å². The van der Waals surface area contributed by atoms with Crippen LogP contribution in [0.25, 0.3) is 0 Å². The van der Waals surface area contributed by atoms with E-state index in [4.69, 9.17) is 5.11 Å². The van der Waals surface area contributed by atoms with Gasteiger partial charge in [-0.15, -0.1) is 0 Å². The summed E-state index contributed by atoms with van der Waals surface area (Å²) in [6.07, 6.45) is -3.40. The van der Waals surface area contributed by atoms with E-state index in [0.29, 0.717) is 6.29 Å². The molecular formula is C7H14O5S. The number of aliphatic hydroxyl groups is 3. The Kier molecular flexibility index (Phi) is 6.27. The molecule has 3 N–H and O–H groups in total. The molecule has 4 atom stereocenters. The van der Waals surface area contributed by atoms with Crippen molar-refractivity contribution in [3.8, 4) is 0 Å². The minimum Gasteiger partial charge on any atom is -0.395 e. The van der Waals surface area contributed by atoms with Crippen LogP contribution in [0.5, 0.6) is 0 Å². The summed E-state index contributed by atoms with van der Waals surface area (Å²) in [4.78, 5) is 10.3. The Hall–Kier alpha value is -0.140. The largest absolute Gasteiger partial charge is 0.395 e. The predicted octanol–water partition coefficient (Wildman–Crippen LogP) is -1.79. The SMILES string of the molecule is CO[C@@H](C=O)[C@@H](O)[C@H](O)[C@@H](S)CO. The lowest BCUT2D eigenvalue weighted by molar-refractivity contribution is -0.130. The fourth-order valence-corrected chi connectivity index (χ4v) is 0.982. The normalized spacial score (nSPS) is 20.4. The van der Waals surface area contributed by atoms with Crippen LogP contribution < -0.4 is 0 Å². The highest BCUT2D eigenvalue weighted by molar-refractivity contribution is 7.81. The third-order valence-electron chi connectivity index (χ3n) is 1.67. The van der Waals surface area contributed by atoms with E-state index >= 15 is 0 Å². The third kappa shape index (κ3) is 3.61. The van der Waals surface area contributed by atoms with Gasteiger partial charge in [0, 0.05) is 7.11 Å². The van der Waals surface area contributed by atoms with E-state index in [9.17, 15) is 15.0 Å². The molecule has 0 rings (SSSR count). The summed E-state index contributed by atoms with van der Waals surface area (Å²) in [5, 5.41) is 26.4. The number of hydrogen-bond acceptors (Lipinski definition) is 6. The van der Waals surface area contributed by atoms with Crippen molar-refractivity contribution in [1.29, 1.82) is 0 Å². The highest BCUT2D eigenvalue weighted by Crippen LogP contribution is 2.10. The number of carbonyl (C=O) groups is 1. The number of thiol groups is 1. The van der Waals surface area contributed by atoms with Crippen molar-refractivity contribution in [3.05, 3.63) is 0 Å². The first kappa shape index (κ1) is 12.9. The second-order valence-electron chi connectivity index (χ2n) is 2.57. The Morgan fingerprint density at radius 3 is 2.31 bits per heavy atom. The van der Waals surface area contributed by atoms with Crippen LogP contribution in [0.3, 0.4) is 0 Å². The van der Waals surface area contributed by atoms with Crippen molar-refractivity contribution < 1.29 is 24.9 Å². The number of rotatable bonds is 6. The van der Waals surface area contributed by atoms with E-state index in [1.54, 1.807) is 0 Å². The standard InChI is InChI=1S/C7H14O5S/c1-12-4(2-8)6(10)7(11)5(13)3-9/h2,4-7,9-11,13H,3H2,1H3/t4-,5-,6+,7+/m0/s1. The van der Waals surface area contributed by atoms with Crippen LogP contribution in [0, 0.1) is 0 Å². The minimum atomic E-state index is -1.38. The van der Waals surface area contributed by atoms with Gasteiger partial charge in [-0.3, -0.25) is 0 Å². The Morgan fingerprint density at radius 2 is 2.00 bits per heavy atom. The molecule has 0 fully saturated rings. The molecule has 0 amide bonds. The van der Waals surface area contributed by atoms with Gasteiger partial charge in [0.1, 0.15) is 12.2 Å². The zero-order valence-electron chi connectivity index (χ0n) is 7.20. The first-order valence-electron chi connectivity index (χ1n) is 3.71. The molecule has 0 saturated carbocycles. The van der Waals surface area contributed by atoms with Crippen molar-refractivity contribution in [2.24, 2.45) is 0 Å². The van der Waals surface area contributed by atoms with Crippen LogP contribution >= 0.6 is 12.6 Å². The molecule has 0 spiro atoms. The maximum Gasteiger partial charge on any atom is 0.151 e. The predicted molar refractivity (Wildman–Crippen MR) is 48.7 cm³/mol. The molecular weight excluding hydrogens is 196 g/mol. The number of ether oxygens (including phenoxy) is 1. The summed E-state index contributed by atoms with van der Waals surface area (Å²) < 4.78 is 4.58. The van der Waals surface area contributed by atoms with Gasteiger partial charge in [-0.25, -0.2) is 0 Å². The highest BCUT2D eigenvalue weighted by Gasteiger charge is 2.30. The van der Waals surface area contributed by atoms with Gasteiger partial charge in [-0.2, -0.15) is 12.6 Å². The summed E-state index contributed by atoms with van der Waals surface area (Å²) in [6, 6.07) is 0. The van der Waals surface area contributed by atoms with Crippen LogP contribution in [-0.2, 0) is 9.53 Å². The zero-order chi connectivity index (χ0) is 10.4. The smallest absolute Gasteiger partial charge is 0.151 e. The fourth-order valence-electron chi connectivity index (χ4n) is 0.805. The van der Waals surface area contributed by atoms with Crippen molar-refractivity contribution in [2.75, 3.05) is 13.7 Å². The molecule has 0 aliphatic heterocycles. The molecule has 0 heterocycles. The van der Waals surface area contributed by atoms with Gasteiger partial charge >= 0.3 is 0 Å². The molecule has 0 aromatic carbocycles. The average molecular weight is 210 g/mol. The molecule has 0 radical (unpaired) electrons. The van der Waals surface area contributed by atoms with E-state index in [1.807, 2.05) is 0 Å². The fraction of sp³-hybridized carbons (Fsp3) is 0.857. The van der Waals surface area contributed by atoms with Crippen LogP contribution in [0.15, 0.2) is 0 Å². The second kappa shape index (κ2) is 6.33. The summed E-state index contributed by atoms with van der Waals surface area (Å²) in [5.74, 6) is 0. The van der Waals surface area contributed by atoms with Crippen LogP contribution in [0.2, 0.25) is 0 Å². The van der Waals surface area contributed by atoms with Crippen molar-refractivity contribution in [1.82, 2.24) is 0 Å². The third-order valence-corrected chi connectivity index (χ3v) is 2.14. The van der Waals surface area contributed by atoms with Crippen LogP contribution in [0.4, 0.5) is 0 Å². The van der Waals surface area contributed by atoms with Crippen LogP contribution in [0.1, 0.15) is 0 Å². The lowest BCUT2D eigenvalue weighted by atomic mass is 10.1. The summed E-state index contributed by atoms with van der Waals surface area (Å²) in [6.45, 7) is -0.392. The van der Waals surface area contributed by atoms with Gasteiger partial charge in [0.2, 0.25) is 0 Å². The van der Waals surface area contributed by atoms with Crippen LogP contribution in [-0.4, -0.2) is 58.9 Å². The Balaban J connectivity index is 4.21. The van der Waals surface area contributed by atoms with Gasteiger partial charge in [0.15, 0.2) is 6.29 Å². The summed E-state index contributed by atoms with van der Waals surface area (Å²) >= 11 is 3.81. The molecule has 6 heteroatoms. The first-order chi connectivity index (χ1) is 6.08. The maximum atomic E-state index is 10.3. The number of aldehydes is 1. The number of hydrogen-bond donors (Lipinski definition) is 4. The molecule has 13 heavy (non-hydrogen) atoms. The lowest BCUT2D eigenvalue weighted by Gasteiger charge is -2.24. The number of carbonyl (C=O) groups excluding carboxylic acids is 1. The van der Waals surface area contributed by atoms with E-state index in [-0.39, 0.29) is 0 Å². The number of aliphatic hydroxyl groups excluding tert-OH is 3. The quantitative estimate of drug-likeness (QED) is 0.307. The van der Waals surface area contributed by atoms with Gasteiger partial charge in [0.05, 0.1) is 18.0 Å². The van der Waals surface area contributed by atoms with Gasteiger partial charge < -0.3 is 24.9 Å². The van der Waals surface area contributed by atoms with E-state index < -0.39 is 30.2 Å². The summed E-state index contributed by atoms with van der Waals surface area (Å²) in [5.41, 5.74) is 0. The molecule has 0 aromatic rings. The van der Waals surface area contributed by atoms with Crippen molar-refractivity contribution >= 4 is 18.9 Å². The highest BCUT2D eigenvalue weighted by atomic mass is 32.1. The van der Waals surface area contributed by atoms with Gasteiger partial charge in [-0.1, -0.05) is 0 Å². The lowest BCUT2D eigenvalue weighted by Crippen LogP contribution is -2.45. The molecule has 0 aliphatic rings. The first-order valence-corrected chi connectivity index (χ1v) is 4.23. The molecule has 5 nitrogen and oxygen atoms in total. The molecule has 0 aliphatic carbocycles.